The molecule has 0 aliphatic heterocycles. The first-order valence-electron chi connectivity index (χ1n) is 6.85. The van der Waals surface area contributed by atoms with E-state index in [0.29, 0.717) is 12.6 Å². The minimum Gasteiger partial charge on any atom is -0.493 e. The molecule has 1 saturated carbocycles. The Kier molecular flexibility index (Phi) is 5.58. The van der Waals surface area contributed by atoms with Gasteiger partial charge in [0.1, 0.15) is 6.61 Å². The molecule has 0 amide bonds. The molecule has 0 bridgehead atoms. The van der Waals surface area contributed by atoms with Gasteiger partial charge in [0.2, 0.25) is 0 Å². The van der Waals surface area contributed by atoms with Gasteiger partial charge in [-0.25, -0.2) is 0 Å². The molecule has 1 aromatic carbocycles. The number of ether oxygens (including phenoxy) is 2. The second kappa shape index (κ2) is 7.70. The average Bonchev–Trinajstić information content (AvgIpc) is 2.96. The van der Waals surface area contributed by atoms with Crippen molar-refractivity contribution in [2.24, 2.45) is 0 Å². The molecule has 1 aliphatic rings. The van der Waals surface area contributed by atoms with E-state index in [2.05, 4.69) is 17.2 Å². The van der Waals surface area contributed by atoms with Crippen LogP contribution in [0.1, 0.15) is 25.7 Å². The molecule has 0 saturated heterocycles. The topological polar surface area (TPSA) is 30.5 Å². The third-order valence-corrected chi connectivity index (χ3v) is 3.33. The van der Waals surface area contributed by atoms with E-state index in [0.717, 1.165) is 18.0 Å². The zero-order valence-corrected chi connectivity index (χ0v) is 11.4. The lowest BCUT2D eigenvalue weighted by Gasteiger charge is -2.08. The molecule has 0 heterocycles. The predicted molar refractivity (Wildman–Crippen MR) is 76.5 cm³/mol. The van der Waals surface area contributed by atoms with Crippen LogP contribution in [0.25, 0.3) is 0 Å². The van der Waals surface area contributed by atoms with Gasteiger partial charge in [0.05, 0.1) is 13.7 Å². The predicted octanol–water partition coefficient (Wildman–Crippen LogP) is 2.61. The van der Waals surface area contributed by atoms with E-state index >= 15 is 0 Å². The fourth-order valence-corrected chi connectivity index (χ4v) is 2.29. The molecule has 0 spiro atoms. The summed E-state index contributed by atoms with van der Waals surface area (Å²) in [6.07, 6.45) is 5.28. The van der Waals surface area contributed by atoms with Crippen LogP contribution in [0.3, 0.4) is 0 Å². The summed E-state index contributed by atoms with van der Waals surface area (Å²) in [5, 5.41) is 3.45. The zero-order valence-electron chi connectivity index (χ0n) is 11.4. The number of rotatable bonds is 5. The summed E-state index contributed by atoms with van der Waals surface area (Å²) in [5.41, 5.74) is 0. The van der Waals surface area contributed by atoms with Gasteiger partial charge in [-0.3, -0.25) is 0 Å². The molecule has 19 heavy (non-hydrogen) atoms. The lowest BCUT2D eigenvalue weighted by atomic mass is 10.2. The molecule has 0 radical (unpaired) electrons. The number of hydrogen-bond acceptors (Lipinski definition) is 3. The number of hydrogen-bond donors (Lipinski definition) is 1. The normalized spacial score (nSPS) is 14.8. The molecule has 0 aromatic heterocycles. The fraction of sp³-hybridized carbons (Fsp3) is 0.500. The Balaban J connectivity index is 1.68. The first-order valence-corrected chi connectivity index (χ1v) is 6.85. The van der Waals surface area contributed by atoms with E-state index in [-0.39, 0.29) is 0 Å². The number of para-hydroxylation sites is 2. The van der Waals surface area contributed by atoms with Crippen LogP contribution >= 0.6 is 0 Å². The van der Waals surface area contributed by atoms with Crippen molar-refractivity contribution in [3.63, 3.8) is 0 Å². The molecule has 0 atom stereocenters. The number of nitrogens with one attached hydrogen (secondary N) is 1. The first kappa shape index (κ1) is 13.8. The van der Waals surface area contributed by atoms with Crippen LogP contribution in [-0.4, -0.2) is 26.3 Å². The van der Waals surface area contributed by atoms with Gasteiger partial charge >= 0.3 is 0 Å². The van der Waals surface area contributed by atoms with Crippen LogP contribution in [0.2, 0.25) is 0 Å². The summed E-state index contributed by atoms with van der Waals surface area (Å²) in [4.78, 5) is 0. The van der Waals surface area contributed by atoms with Gasteiger partial charge < -0.3 is 14.8 Å². The van der Waals surface area contributed by atoms with Crippen LogP contribution in [-0.2, 0) is 0 Å². The van der Waals surface area contributed by atoms with E-state index < -0.39 is 0 Å². The summed E-state index contributed by atoms with van der Waals surface area (Å²) in [6, 6.07) is 8.28. The van der Waals surface area contributed by atoms with Crippen molar-refractivity contribution in [2.75, 3.05) is 20.3 Å². The summed E-state index contributed by atoms with van der Waals surface area (Å²) in [7, 11) is 1.64. The highest BCUT2D eigenvalue weighted by Crippen LogP contribution is 2.25. The van der Waals surface area contributed by atoms with E-state index in [4.69, 9.17) is 9.47 Å². The molecule has 1 N–H and O–H groups in total. The maximum absolute atomic E-state index is 5.57. The minimum absolute atomic E-state index is 0.396. The molecular weight excluding hydrogens is 238 g/mol. The van der Waals surface area contributed by atoms with Crippen molar-refractivity contribution < 1.29 is 9.47 Å². The highest BCUT2D eigenvalue weighted by atomic mass is 16.5. The zero-order chi connectivity index (χ0) is 13.3. The largest absolute Gasteiger partial charge is 0.493 e. The molecule has 0 unspecified atom stereocenters. The van der Waals surface area contributed by atoms with Crippen molar-refractivity contribution in [2.45, 2.75) is 31.7 Å². The van der Waals surface area contributed by atoms with E-state index in [1.165, 1.54) is 25.7 Å². The lowest BCUT2D eigenvalue weighted by molar-refractivity contribution is 0.331. The van der Waals surface area contributed by atoms with E-state index in [9.17, 15) is 0 Å². The van der Waals surface area contributed by atoms with Gasteiger partial charge in [0.15, 0.2) is 11.5 Å². The van der Waals surface area contributed by atoms with Crippen LogP contribution in [0, 0.1) is 11.8 Å². The minimum atomic E-state index is 0.396. The Morgan fingerprint density at radius 3 is 2.63 bits per heavy atom. The van der Waals surface area contributed by atoms with Crippen molar-refractivity contribution in [3.05, 3.63) is 24.3 Å². The molecule has 3 nitrogen and oxygen atoms in total. The molecule has 102 valence electrons. The summed E-state index contributed by atoms with van der Waals surface area (Å²) >= 11 is 0. The number of benzene rings is 1. The first-order chi connectivity index (χ1) is 9.40. The van der Waals surface area contributed by atoms with Crippen LogP contribution < -0.4 is 14.8 Å². The summed E-state index contributed by atoms with van der Waals surface area (Å²) in [6.45, 7) is 1.15. The Morgan fingerprint density at radius 2 is 1.89 bits per heavy atom. The fourth-order valence-electron chi connectivity index (χ4n) is 2.29. The average molecular weight is 259 g/mol. The van der Waals surface area contributed by atoms with Crippen molar-refractivity contribution in [3.8, 4) is 23.3 Å². The third kappa shape index (κ3) is 4.50. The SMILES string of the molecule is COc1ccccc1OCC#CCNC1CCCC1. The smallest absolute Gasteiger partial charge is 0.162 e. The molecule has 1 aromatic rings. The van der Waals surface area contributed by atoms with Crippen molar-refractivity contribution in [1.29, 1.82) is 0 Å². The second-order valence-electron chi connectivity index (χ2n) is 4.66. The Labute approximate surface area is 115 Å². The summed E-state index contributed by atoms with van der Waals surface area (Å²) in [5.74, 6) is 7.59. The van der Waals surface area contributed by atoms with Gasteiger partial charge in [-0.1, -0.05) is 36.8 Å². The van der Waals surface area contributed by atoms with Crippen molar-refractivity contribution in [1.82, 2.24) is 5.32 Å². The van der Waals surface area contributed by atoms with Crippen LogP contribution in [0.15, 0.2) is 24.3 Å². The molecular formula is C16H21NO2. The van der Waals surface area contributed by atoms with Gasteiger partial charge in [0, 0.05) is 6.04 Å². The van der Waals surface area contributed by atoms with Gasteiger partial charge in [-0.15, -0.1) is 0 Å². The van der Waals surface area contributed by atoms with Crippen molar-refractivity contribution >= 4 is 0 Å². The van der Waals surface area contributed by atoms with Crippen LogP contribution in [0.5, 0.6) is 11.5 Å². The molecule has 1 aliphatic carbocycles. The standard InChI is InChI=1S/C16H21NO2/c1-18-15-10-4-5-11-16(15)19-13-7-6-12-17-14-8-2-3-9-14/h4-5,10-11,14,17H,2-3,8-9,12-13H2,1H3. The maximum Gasteiger partial charge on any atom is 0.162 e. The Bertz CT molecular complexity index is 442. The number of methoxy groups -OCH3 is 1. The molecule has 3 heteroatoms. The quantitative estimate of drug-likeness (QED) is 0.825. The molecule has 1 fully saturated rings. The van der Waals surface area contributed by atoms with Gasteiger partial charge in [-0.05, 0) is 25.0 Å². The Hall–Kier alpha value is -1.66. The van der Waals surface area contributed by atoms with Crippen LogP contribution in [0.4, 0.5) is 0 Å². The molecule has 2 rings (SSSR count). The van der Waals surface area contributed by atoms with E-state index in [1.807, 2.05) is 24.3 Å². The van der Waals surface area contributed by atoms with Gasteiger partial charge in [-0.2, -0.15) is 0 Å². The highest BCUT2D eigenvalue weighted by Gasteiger charge is 2.12. The highest BCUT2D eigenvalue weighted by molar-refractivity contribution is 5.39. The maximum atomic E-state index is 5.57. The van der Waals surface area contributed by atoms with Gasteiger partial charge in [0.25, 0.3) is 0 Å². The summed E-state index contributed by atoms with van der Waals surface area (Å²) < 4.78 is 10.8. The lowest BCUT2D eigenvalue weighted by Crippen LogP contribution is -2.26. The third-order valence-electron chi connectivity index (χ3n) is 3.33. The Morgan fingerprint density at radius 1 is 1.16 bits per heavy atom. The second-order valence-corrected chi connectivity index (χ2v) is 4.66. The monoisotopic (exact) mass is 259 g/mol. The van der Waals surface area contributed by atoms with E-state index in [1.54, 1.807) is 7.11 Å².